The SMILES string of the molecule is CCCNCC1CCCCCC1Cc1ccc(Br)s1. The van der Waals surface area contributed by atoms with Crippen molar-refractivity contribution in [1.82, 2.24) is 5.32 Å². The second kappa shape index (κ2) is 8.43. The molecule has 1 aliphatic carbocycles. The Kier molecular flexibility index (Phi) is 6.89. The van der Waals surface area contributed by atoms with Gasteiger partial charge in [-0.25, -0.2) is 0 Å². The number of hydrogen-bond acceptors (Lipinski definition) is 2. The monoisotopic (exact) mass is 343 g/mol. The van der Waals surface area contributed by atoms with Crippen LogP contribution in [0.3, 0.4) is 0 Å². The van der Waals surface area contributed by atoms with Crippen molar-refractivity contribution in [2.45, 2.75) is 51.9 Å². The first-order valence-electron chi connectivity index (χ1n) is 7.74. The highest BCUT2D eigenvalue weighted by Crippen LogP contribution is 2.33. The average Bonchev–Trinajstić information content (AvgIpc) is 2.68. The van der Waals surface area contributed by atoms with Crippen molar-refractivity contribution in [3.63, 3.8) is 0 Å². The zero-order valence-corrected chi connectivity index (χ0v) is 14.4. The summed E-state index contributed by atoms with van der Waals surface area (Å²) in [5.41, 5.74) is 0. The molecule has 2 rings (SSSR count). The van der Waals surface area contributed by atoms with Crippen LogP contribution in [0.15, 0.2) is 15.9 Å². The molecule has 0 spiro atoms. The van der Waals surface area contributed by atoms with Gasteiger partial charge in [-0.2, -0.15) is 0 Å². The summed E-state index contributed by atoms with van der Waals surface area (Å²) < 4.78 is 1.27. The van der Waals surface area contributed by atoms with Gasteiger partial charge in [0.15, 0.2) is 0 Å². The molecule has 0 aromatic carbocycles. The Labute approximate surface area is 130 Å². The highest BCUT2D eigenvalue weighted by atomic mass is 79.9. The van der Waals surface area contributed by atoms with Crippen molar-refractivity contribution in [2.75, 3.05) is 13.1 Å². The van der Waals surface area contributed by atoms with E-state index in [1.807, 2.05) is 11.3 Å². The molecule has 0 radical (unpaired) electrons. The van der Waals surface area contributed by atoms with Crippen LogP contribution >= 0.6 is 27.3 Å². The number of thiophene rings is 1. The lowest BCUT2D eigenvalue weighted by molar-refractivity contribution is 0.299. The molecule has 0 saturated heterocycles. The van der Waals surface area contributed by atoms with Crippen molar-refractivity contribution < 1.29 is 0 Å². The molecule has 1 N–H and O–H groups in total. The number of halogens is 1. The molecule has 108 valence electrons. The summed E-state index contributed by atoms with van der Waals surface area (Å²) in [6.45, 7) is 4.65. The van der Waals surface area contributed by atoms with E-state index in [0.717, 1.165) is 11.8 Å². The minimum atomic E-state index is 0.884. The van der Waals surface area contributed by atoms with Crippen LogP contribution in [0, 0.1) is 11.8 Å². The van der Waals surface area contributed by atoms with Crippen LogP contribution in [0.1, 0.15) is 50.3 Å². The fourth-order valence-electron chi connectivity index (χ4n) is 3.18. The summed E-state index contributed by atoms with van der Waals surface area (Å²) in [6, 6.07) is 4.50. The minimum Gasteiger partial charge on any atom is -0.316 e. The van der Waals surface area contributed by atoms with Gasteiger partial charge in [0.05, 0.1) is 3.79 Å². The first-order valence-corrected chi connectivity index (χ1v) is 9.35. The number of nitrogens with one attached hydrogen (secondary N) is 1. The molecule has 1 saturated carbocycles. The van der Waals surface area contributed by atoms with E-state index >= 15 is 0 Å². The van der Waals surface area contributed by atoms with Crippen LogP contribution in [-0.2, 0) is 6.42 Å². The third-order valence-corrected chi connectivity index (χ3v) is 5.89. The molecule has 0 aliphatic heterocycles. The summed E-state index contributed by atoms with van der Waals surface area (Å²) in [7, 11) is 0. The molecule has 0 bridgehead atoms. The van der Waals surface area contributed by atoms with E-state index in [-0.39, 0.29) is 0 Å². The second-order valence-electron chi connectivity index (χ2n) is 5.77. The van der Waals surface area contributed by atoms with Crippen molar-refractivity contribution in [3.05, 3.63) is 20.8 Å². The summed E-state index contributed by atoms with van der Waals surface area (Å²) in [5.74, 6) is 1.77. The molecule has 1 aromatic rings. The van der Waals surface area contributed by atoms with E-state index in [1.54, 1.807) is 4.88 Å². The second-order valence-corrected chi connectivity index (χ2v) is 8.32. The van der Waals surface area contributed by atoms with Gasteiger partial charge in [-0.15, -0.1) is 11.3 Å². The van der Waals surface area contributed by atoms with Gasteiger partial charge in [0.1, 0.15) is 0 Å². The van der Waals surface area contributed by atoms with Gasteiger partial charge < -0.3 is 5.32 Å². The smallest absolute Gasteiger partial charge is 0.0701 e. The molecular formula is C16H26BrNS. The molecule has 0 amide bonds. The maximum Gasteiger partial charge on any atom is 0.0701 e. The maximum atomic E-state index is 3.65. The zero-order valence-electron chi connectivity index (χ0n) is 12.0. The van der Waals surface area contributed by atoms with Crippen molar-refractivity contribution in [2.24, 2.45) is 11.8 Å². The Balaban J connectivity index is 1.92. The first kappa shape index (κ1) is 15.5. The topological polar surface area (TPSA) is 12.0 Å². The van der Waals surface area contributed by atoms with E-state index < -0.39 is 0 Å². The highest BCUT2D eigenvalue weighted by molar-refractivity contribution is 9.11. The normalized spacial score (nSPS) is 24.3. The third kappa shape index (κ3) is 5.20. The Bertz CT molecular complexity index is 363. The van der Waals surface area contributed by atoms with Gasteiger partial charge >= 0.3 is 0 Å². The predicted octanol–water partition coefficient (Wildman–Crippen LogP) is 5.25. The fraction of sp³-hybridized carbons (Fsp3) is 0.750. The fourth-order valence-corrected chi connectivity index (χ4v) is 4.76. The molecule has 1 nitrogen and oxygen atoms in total. The number of hydrogen-bond donors (Lipinski definition) is 1. The van der Waals surface area contributed by atoms with Gasteiger partial charge in [-0.1, -0.05) is 26.2 Å². The molecule has 1 aromatic heterocycles. The quantitative estimate of drug-likeness (QED) is 0.549. The molecule has 2 atom stereocenters. The van der Waals surface area contributed by atoms with Crippen molar-refractivity contribution >= 4 is 27.3 Å². The third-order valence-electron chi connectivity index (χ3n) is 4.24. The Morgan fingerprint density at radius 3 is 2.68 bits per heavy atom. The largest absolute Gasteiger partial charge is 0.316 e. The van der Waals surface area contributed by atoms with E-state index in [1.165, 1.54) is 61.8 Å². The van der Waals surface area contributed by atoms with Crippen LogP contribution in [0.25, 0.3) is 0 Å². The maximum absolute atomic E-state index is 3.65. The minimum absolute atomic E-state index is 0.884. The molecule has 19 heavy (non-hydrogen) atoms. The average molecular weight is 344 g/mol. The van der Waals surface area contributed by atoms with E-state index in [0.29, 0.717) is 0 Å². The molecule has 1 aliphatic rings. The van der Waals surface area contributed by atoms with Gasteiger partial charge in [0.25, 0.3) is 0 Å². The molecule has 1 fully saturated rings. The van der Waals surface area contributed by atoms with Crippen molar-refractivity contribution in [1.29, 1.82) is 0 Å². The number of rotatable bonds is 6. The van der Waals surface area contributed by atoms with E-state index in [4.69, 9.17) is 0 Å². The van der Waals surface area contributed by atoms with Gasteiger partial charge in [0.2, 0.25) is 0 Å². The molecule has 1 heterocycles. The van der Waals surface area contributed by atoms with E-state index in [2.05, 4.69) is 40.3 Å². The Hall–Kier alpha value is 0.140. The van der Waals surface area contributed by atoms with Gasteiger partial charge in [0, 0.05) is 4.88 Å². The lowest BCUT2D eigenvalue weighted by Crippen LogP contribution is -2.29. The molecular weight excluding hydrogens is 318 g/mol. The molecule has 3 heteroatoms. The predicted molar refractivity (Wildman–Crippen MR) is 88.9 cm³/mol. The van der Waals surface area contributed by atoms with Crippen LogP contribution in [0.5, 0.6) is 0 Å². The standard InChI is InChI=1S/C16H26BrNS/c1-2-10-18-12-14-7-5-3-4-6-13(14)11-15-8-9-16(17)19-15/h8-9,13-14,18H,2-7,10-12H2,1H3. The zero-order chi connectivity index (χ0) is 13.5. The van der Waals surface area contributed by atoms with E-state index in [9.17, 15) is 0 Å². The Morgan fingerprint density at radius 2 is 2.00 bits per heavy atom. The van der Waals surface area contributed by atoms with Gasteiger partial charge in [-0.05, 0) is 78.7 Å². The molecule has 2 unspecified atom stereocenters. The lowest BCUT2D eigenvalue weighted by atomic mass is 9.85. The highest BCUT2D eigenvalue weighted by Gasteiger charge is 2.24. The van der Waals surface area contributed by atoms with Gasteiger partial charge in [-0.3, -0.25) is 0 Å². The van der Waals surface area contributed by atoms with Crippen LogP contribution in [0.4, 0.5) is 0 Å². The van der Waals surface area contributed by atoms with Crippen LogP contribution < -0.4 is 5.32 Å². The summed E-state index contributed by atoms with van der Waals surface area (Å²) >= 11 is 5.50. The lowest BCUT2D eigenvalue weighted by Gasteiger charge is -2.25. The van der Waals surface area contributed by atoms with Crippen molar-refractivity contribution in [3.8, 4) is 0 Å². The Morgan fingerprint density at radius 1 is 1.21 bits per heavy atom. The summed E-state index contributed by atoms with van der Waals surface area (Å²) in [5, 5.41) is 3.65. The first-order chi connectivity index (χ1) is 9.29. The summed E-state index contributed by atoms with van der Waals surface area (Å²) in [4.78, 5) is 1.55. The van der Waals surface area contributed by atoms with Crippen LogP contribution in [0.2, 0.25) is 0 Å². The van der Waals surface area contributed by atoms with Crippen LogP contribution in [-0.4, -0.2) is 13.1 Å². The summed E-state index contributed by atoms with van der Waals surface area (Å²) in [6.07, 6.45) is 9.69.